The van der Waals surface area contributed by atoms with Crippen LogP contribution in [-0.4, -0.2) is 37.2 Å². The third kappa shape index (κ3) is 54.6. The van der Waals surface area contributed by atoms with Gasteiger partial charge in [-0.2, -0.15) is 0 Å². The monoisotopic (exact) mass is 955 g/mol. The summed E-state index contributed by atoms with van der Waals surface area (Å²) in [6.07, 6.45) is 68.9. The van der Waals surface area contributed by atoms with Crippen LogP contribution >= 0.6 is 0 Å². The molecule has 0 bridgehead atoms. The normalized spacial score (nSPS) is 12.2. The summed E-state index contributed by atoms with van der Waals surface area (Å²) in [5.74, 6) is -0.880. The predicted molar refractivity (Wildman–Crippen MR) is 293 cm³/mol. The van der Waals surface area contributed by atoms with Gasteiger partial charge in [-0.05, 0) is 77.0 Å². The minimum absolute atomic E-state index is 0.0745. The first-order chi connectivity index (χ1) is 33.5. The average molecular weight is 956 g/mol. The van der Waals surface area contributed by atoms with Crippen LogP contribution in [0.25, 0.3) is 0 Å². The number of rotatable bonds is 55. The van der Waals surface area contributed by atoms with Gasteiger partial charge in [0.2, 0.25) is 0 Å². The SMILES string of the molecule is CCCCCC/C=C\C/C=C\CCCCCCCC(=O)OC(COC(=O)CCCCCCCCC)COC(=O)CCCCCCCCCCCCCCCCC/C=C\CCCCCCCCCC. The van der Waals surface area contributed by atoms with Gasteiger partial charge in [0.25, 0.3) is 0 Å². The molecule has 0 N–H and O–H groups in total. The molecule has 0 saturated heterocycles. The zero-order valence-corrected chi connectivity index (χ0v) is 45.6. The molecule has 0 spiro atoms. The fourth-order valence-corrected chi connectivity index (χ4v) is 8.82. The molecule has 398 valence electrons. The maximum Gasteiger partial charge on any atom is 0.306 e. The highest BCUT2D eigenvalue weighted by Crippen LogP contribution is 2.17. The summed E-state index contributed by atoms with van der Waals surface area (Å²) in [6, 6.07) is 0. The van der Waals surface area contributed by atoms with Crippen molar-refractivity contribution in [3.05, 3.63) is 36.5 Å². The van der Waals surface area contributed by atoms with Crippen LogP contribution in [0.2, 0.25) is 0 Å². The second-order valence-corrected chi connectivity index (χ2v) is 20.3. The number of carbonyl (C=O) groups excluding carboxylic acids is 3. The minimum atomic E-state index is -0.774. The van der Waals surface area contributed by atoms with Crippen LogP contribution < -0.4 is 0 Å². The van der Waals surface area contributed by atoms with Crippen molar-refractivity contribution in [2.75, 3.05) is 13.2 Å². The van der Waals surface area contributed by atoms with E-state index in [1.54, 1.807) is 0 Å². The molecule has 0 aliphatic carbocycles. The molecule has 0 fully saturated rings. The summed E-state index contributed by atoms with van der Waals surface area (Å²) >= 11 is 0. The maximum atomic E-state index is 12.8. The van der Waals surface area contributed by atoms with Crippen molar-refractivity contribution in [1.29, 1.82) is 0 Å². The Labute approximate surface area is 423 Å². The Bertz CT molecular complexity index is 1140. The Kier molecular flexibility index (Phi) is 55.2. The first-order valence-corrected chi connectivity index (χ1v) is 30.0. The van der Waals surface area contributed by atoms with Crippen molar-refractivity contribution in [1.82, 2.24) is 0 Å². The van der Waals surface area contributed by atoms with Crippen molar-refractivity contribution in [2.45, 2.75) is 329 Å². The molecule has 1 atom stereocenters. The molecule has 0 rings (SSSR count). The molecule has 1 unspecified atom stereocenters. The molecule has 0 aliphatic rings. The zero-order valence-electron chi connectivity index (χ0n) is 45.6. The molecule has 6 nitrogen and oxygen atoms in total. The number of allylic oxidation sites excluding steroid dienone is 6. The summed E-state index contributed by atoms with van der Waals surface area (Å²) in [5.41, 5.74) is 0. The Morgan fingerprint density at radius 3 is 0.838 bits per heavy atom. The molecular weight excluding hydrogens is 841 g/mol. The lowest BCUT2D eigenvalue weighted by molar-refractivity contribution is -0.167. The lowest BCUT2D eigenvalue weighted by Crippen LogP contribution is -2.30. The second-order valence-electron chi connectivity index (χ2n) is 20.3. The predicted octanol–water partition coefficient (Wildman–Crippen LogP) is 20.0. The van der Waals surface area contributed by atoms with E-state index in [0.29, 0.717) is 19.3 Å². The van der Waals surface area contributed by atoms with Crippen LogP contribution in [0.4, 0.5) is 0 Å². The van der Waals surface area contributed by atoms with Crippen molar-refractivity contribution in [3.63, 3.8) is 0 Å². The van der Waals surface area contributed by atoms with Crippen molar-refractivity contribution >= 4 is 17.9 Å². The molecule has 0 aromatic heterocycles. The van der Waals surface area contributed by atoms with E-state index in [1.165, 1.54) is 199 Å². The molecule has 0 aromatic rings. The highest BCUT2D eigenvalue weighted by molar-refractivity contribution is 5.71. The molecule has 0 heterocycles. The quantitative estimate of drug-likeness (QED) is 0.0262. The summed E-state index contributed by atoms with van der Waals surface area (Å²) in [6.45, 7) is 6.60. The third-order valence-corrected chi connectivity index (χ3v) is 13.4. The molecule has 6 heteroatoms. The van der Waals surface area contributed by atoms with Gasteiger partial charge in [0, 0.05) is 19.3 Å². The molecule has 0 radical (unpaired) electrons. The number of hydrogen-bond acceptors (Lipinski definition) is 6. The maximum absolute atomic E-state index is 12.8. The molecule has 0 saturated carbocycles. The highest BCUT2D eigenvalue weighted by Gasteiger charge is 2.19. The van der Waals surface area contributed by atoms with Crippen molar-refractivity contribution < 1.29 is 28.6 Å². The number of carbonyl (C=O) groups is 3. The van der Waals surface area contributed by atoms with E-state index >= 15 is 0 Å². The van der Waals surface area contributed by atoms with Gasteiger partial charge in [-0.25, -0.2) is 0 Å². The Balaban J connectivity index is 4.08. The zero-order chi connectivity index (χ0) is 49.3. The summed E-state index contributed by atoms with van der Waals surface area (Å²) < 4.78 is 16.8. The van der Waals surface area contributed by atoms with Gasteiger partial charge in [0.05, 0.1) is 0 Å². The van der Waals surface area contributed by atoms with E-state index in [2.05, 4.69) is 57.2 Å². The Morgan fingerprint density at radius 1 is 0.294 bits per heavy atom. The number of esters is 3. The van der Waals surface area contributed by atoms with Gasteiger partial charge < -0.3 is 14.2 Å². The van der Waals surface area contributed by atoms with Crippen LogP contribution in [0.1, 0.15) is 323 Å². The van der Waals surface area contributed by atoms with Gasteiger partial charge >= 0.3 is 17.9 Å². The highest BCUT2D eigenvalue weighted by atomic mass is 16.6. The van der Waals surface area contributed by atoms with E-state index < -0.39 is 6.10 Å². The van der Waals surface area contributed by atoms with Crippen LogP contribution in [0, 0.1) is 0 Å². The summed E-state index contributed by atoms with van der Waals surface area (Å²) in [7, 11) is 0. The molecule has 0 aliphatic heterocycles. The van der Waals surface area contributed by atoms with E-state index in [-0.39, 0.29) is 31.1 Å². The van der Waals surface area contributed by atoms with Gasteiger partial charge in [-0.1, -0.05) is 263 Å². The fourth-order valence-electron chi connectivity index (χ4n) is 8.82. The lowest BCUT2D eigenvalue weighted by Gasteiger charge is -2.18. The van der Waals surface area contributed by atoms with E-state index in [4.69, 9.17) is 14.2 Å². The van der Waals surface area contributed by atoms with Gasteiger partial charge in [-0.3, -0.25) is 14.4 Å². The van der Waals surface area contributed by atoms with E-state index in [0.717, 1.165) is 83.5 Å². The van der Waals surface area contributed by atoms with Gasteiger partial charge in [0.15, 0.2) is 6.10 Å². The first kappa shape index (κ1) is 65.6. The first-order valence-electron chi connectivity index (χ1n) is 30.0. The summed E-state index contributed by atoms with van der Waals surface area (Å²) in [5, 5.41) is 0. The molecule has 0 aromatic carbocycles. The Hall–Kier alpha value is -2.37. The topological polar surface area (TPSA) is 78.9 Å². The van der Waals surface area contributed by atoms with Crippen LogP contribution in [0.5, 0.6) is 0 Å². The molecular formula is C62H114O6. The average Bonchev–Trinajstić information content (AvgIpc) is 3.34. The summed E-state index contributed by atoms with van der Waals surface area (Å²) in [4.78, 5) is 37.9. The van der Waals surface area contributed by atoms with Crippen molar-refractivity contribution in [2.24, 2.45) is 0 Å². The Morgan fingerprint density at radius 2 is 0.529 bits per heavy atom. The molecule has 68 heavy (non-hydrogen) atoms. The number of ether oxygens (including phenoxy) is 3. The largest absolute Gasteiger partial charge is 0.462 e. The van der Waals surface area contributed by atoms with Gasteiger partial charge in [0.1, 0.15) is 13.2 Å². The van der Waals surface area contributed by atoms with Gasteiger partial charge in [-0.15, -0.1) is 0 Å². The second kappa shape index (κ2) is 57.2. The van der Waals surface area contributed by atoms with Crippen LogP contribution in [0.15, 0.2) is 36.5 Å². The fraction of sp³-hybridized carbons (Fsp3) is 0.855. The number of hydrogen-bond donors (Lipinski definition) is 0. The third-order valence-electron chi connectivity index (χ3n) is 13.4. The number of unbranched alkanes of at least 4 members (excludes halogenated alkanes) is 38. The smallest absolute Gasteiger partial charge is 0.306 e. The molecule has 0 amide bonds. The van der Waals surface area contributed by atoms with E-state index in [9.17, 15) is 14.4 Å². The lowest BCUT2D eigenvalue weighted by atomic mass is 10.0. The van der Waals surface area contributed by atoms with E-state index in [1.807, 2.05) is 0 Å². The van der Waals surface area contributed by atoms with Crippen LogP contribution in [0.3, 0.4) is 0 Å². The van der Waals surface area contributed by atoms with Crippen molar-refractivity contribution in [3.8, 4) is 0 Å². The minimum Gasteiger partial charge on any atom is -0.462 e. The standard InChI is InChI=1S/C62H114O6/c1-4-7-10-13-16-18-20-22-24-26-27-28-29-30-31-32-33-34-35-36-38-39-41-43-46-49-52-55-61(64)67-58-59(57-66-60(63)54-51-48-45-15-12-9-6-3)68-62(65)56-53-50-47-44-42-40-37-25-23-21-19-17-14-11-8-5-2/h19,21,25-27,37,59H,4-18,20,22-24,28-36,38-58H2,1-3H3/b21-19-,27-26-,37-25-. The van der Waals surface area contributed by atoms with Crippen LogP contribution in [-0.2, 0) is 28.6 Å².